The van der Waals surface area contributed by atoms with E-state index < -0.39 is 0 Å². The third-order valence-electron chi connectivity index (χ3n) is 2.92. The molecule has 1 aromatic heterocycles. The third-order valence-corrected chi connectivity index (χ3v) is 3.91. The van der Waals surface area contributed by atoms with Crippen molar-refractivity contribution in [2.75, 3.05) is 11.9 Å². The normalized spacial score (nSPS) is 10.5. The van der Waals surface area contributed by atoms with E-state index in [-0.39, 0.29) is 12.5 Å². The van der Waals surface area contributed by atoms with Gasteiger partial charge in [-0.2, -0.15) is 0 Å². The Labute approximate surface area is 126 Å². The number of nitrogens with one attached hydrogen (secondary N) is 1. The maximum atomic E-state index is 11.7. The summed E-state index contributed by atoms with van der Waals surface area (Å²) in [6.45, 7) is 0.411. The number of nitrogens with zero attached hydrogens (tertiary/aromatic N) is 1. The van der Waals surface area contributed by atoms with Crippen LogP contribution in [-0.4, -0.2) is 17.5 Å². The second-order valence-electron chi connectivity index (χ2n) is 4.49. The van der Waals surface area contributed by atoms with Gasteiger partial charge in [-0.25, -0.2) is 4.98 Å². The molecule has 0 aliphatic heterocycles. The molecule has 21 heavy (non-hydrogen) atoms. The fraction of sp³-hybridized carbons (Fsp3) is 0.125. The van der Waals surface area contributed by atoms with Gasteiger partial charge in [0.25, 0.3) is 0 Å². The SMILES string of the molecule is O=C(CNc1nc2ccccc2s1)OCc1ccccc1. The predicted molar refractivity (Wildman–Crippen MR) is 84.3 cm³/mol. The average molecular weight is 298 g/mol. The molecule has 0 aliphatic rings. The lowest BCUT2D eigenvalue weighted by Crippen LogP contribution is -2.16. The zero-order valence-corrected chi connectivity index (χ0v) is 12.1. The number of carbonyl (C=O) groups excluding carboxylic acids is 1. The van der Waals surface area contributed by atoms with Crippen molar-refractivity contribution in [3.63, 3.8) is 0 Å². The fourth-order valence-corrected chi connectivity index (χ4v) is 2.75. The van der Waals surface area contributed by atoms with Crippen molar-refractivity contribution in [2.24, 2.45) is 0 Å². The van der Waals surface area contributed by atoms with E-state index in [1.54, 1.807) is 0 Å². The van der Waals surface area contributed by atoms with Crippen molar-refractivity contribution < 1.29 is 9.53 Å². The zero-order valence-electron chi connectivity index (χ0n) is 11.3. The first-order valence-corrected chi connectivity index (χ1v) is 7.42. The second kappa shape index (κ2) is 6.37. The lowest BCUT2D eigenvalue weighted by molar-refractivity contribution is -0.142. The molecule has 0 fully saturated rings. The van der Waals surface area contributed by atoms with E-state index in [4.69, 9.17) is 4.74 Å². The van der Waals surface area contributed by atoms with Crippen LogP contribution in [0.2, 0.25) is 0 Å². The summed E-state index contributed by atoms with van der Waals surface area (Å²) < 4.78 is 6.29. The van der Waals surface area contributed by atoms with Crippen LogP contribution >= 0.6 is 11.3 Å². The molecule has 0 amide bonds. The van der Waals surface area contributed by atoms with Gasteiger partial charge >= 0.3 is 5.97 Å². The monoisotopic (exact) mass is 298 g/mol. The van der Waals surface area contributed by atoms with E-state index in [0.29, 0.717) is 6.61 Å². The number of thiazole rings is 1. The molecule has 0 radical (unpaired) electrons. The number of ether oxygens (including phenoxy) is 1. The molecule has 2 aromatic carbocycles. The Morgan fingerprint density at radius 1 is 1.10 bits per heavy atom. The molecule has 1 heterocycles. The van der Waals surface area contributed by atoms with Crippen LogP contribution < -0.4 is 5.32 Å². The van der Waals surface area contributed by atoms with Gasteiger partial charge in [-0.15, -0.1) is 0 Å². The van der Waals surface area contributed by atoms with Crippen molar-refractivity contribution in [3.8, 4) is 0 Å². The molecule has 3 aromatic rings. The number of hydrogen-bond acceptors (Lipinski definition) is 5. The first-order chi connectivity index (χ1) is 10.3. The maximum absolute atomic E-state index is 11.7. The van der Waals surface area contributed by atoms with Crippen LogP contribution in [-0.2, 0) is 16.1 Å². The lowest BCUT2D eigenvalue weighted by atomic mass is 10.2. The van der Waals surface area contributed by atoms with Gasteiger partial charge < -0.3 is 10.1 Å². The second-order valence-corrected chi connectivity index (χ2v) is 5.52. The molecule has 0 saturated heterocycles. The summed E-state index contributed by atoms with van der Waals surface area (Å²) in [5.74, 6) is -0.293. The minimum atomic E-state index is -0.293. The minimum absolute atomic E-state index is 0.118. The number of benzene rings is 2. The molecular formula is C16H14N2O2S. The molecule has 0 saturated carbocycles. The quantitative estimate of drug-likeness (QED) is 0.733. The Balaban J connectivity index is 1.51. The van der Waals surface area contributed by atoms with Crippen LogP contribution in [0, 0.1) is 0 Å². The van der Waals surface area contributed by atoms with Crippen LogP contribution in [0.1, 0.15) is 5.56 Å². The molecule has 5 heteroatoms. The third kappa shape index (κ3) is 3.58. The number of para-hydroxylation sites is 1. The first-order valence-electron chi connectivity index (χ1n) is 6.60. The Hall–Kier alpha value is -2.40. The van der Waals surface area contributed by atoms with E-state index in [2.05, 4.69) is 10.3 Å². The number of anilines is 1. The van der Waals surface area contributed by atoms with Gasteiger partial charge in [-0.1, -0.05) is 53.8 Å². The number of rotatable bonds is 5. The van der Waals surface area contributed by atoms with E-state index >= 15 is 0 Å². The van der Waals surface area contributed by atoms with Gasteiger partial charge in [-0.3, -0.25) is 4.79 Å². The number of hydrogen-bond donors (Lipinski definition) is 1. The van der Waals surface area contributed by atoms with E-state index in [1.165, 1.54) is 11.3 Å². The van der Waals surface area contributed by atoms with Crippen molar-refractivity contribution >= 4 is 32.7 Å². The number of carbonyl (C=O) groups is 1. The summed E-state index contributed by atoms with van der Waals surface area (Å²) in [7, 11) is 0. The van der Waals surface area contributed by atoms with Crippen molar-refractivity contribution in [3.05, 3.63) is 60.2 Å². The van der Waals surface area contributed by atoms with Gasteiger partial charge in [-0.05, 0) is 17.7 Å². The topological polar surface area (TPSA) is 51.2 Å². The molecule has 106 valence electrons. The largest absolute Gasteiger partial charge is 0.460 e. The molecule has 1 N–H and O–H groups in total. The first kappa shape index (κ1) is 13.6. The van der Waals surface area contributed by atoms with Gasteiger partial charge in [0.15, 0.2) is 5.13 Å². The van der Waals surface area contributed by atoms with Crippen molar-refractivity contribution in [2.45, 2.75) is 6.61 Å². The van der Waals surface area contributed by atoms with Gasteiger partial charge in [0.1, 0.15) is 13.2 Å². The molecule has 3 rings (SSSR count). The molecule has 4 nitrogen and oxygen atoms in total. The van der Waals surface area contributed by atoms with Gasteiger partial charge in [0, 0.05) is 0 Å². The van der Waals surface area contributed by atoms with E-state index in [1.807, 2.05) is 54.6 Å². The zero-order chi connectivity index (χ0) is 14.5. The molecule has 0 atom stereocenters. The van der Waals surface area contributed by atoms with Gasteiger partial charge in [0.2, 0.25) is 0 Å². The average Bonchev–Trinajstić information content (AvgIpc) is 2.95. The lowest BCUT2D eigenvalue weighted by Gasteiger charge is -2.05. The molecule has 0 aliphatic carbocycles. The Morgan fingerprint density at radius 2 is 1.86 bits per heavy atom. The summed E-state index contributed by atoms with van der Waals surface area (Å²) in [6, 6.07) is 17.5. The molecule has 0 unspecified atom stereocenters. The highest BCUT2D eigenvalue weighted by molar-refractivity contribution is 7.22. The summed E-state index contributed by atoms with van der Waals surface area (Å²) in [5.41, 5.74) is 1.91. The Bertz CT molecular complexity index is 707. The van der Waals surface area contributed by atoms with Crippen LogP contribution in [0.15, 0.2) is 54.6 Å². The maximum Gasteiger partial charge on any atom is 0.325 e. The number of esters is 1. The standard InChI is InChI=1S/C16H14N2O2S/c19-15(20-11-12-6-2-1-3-7-12)10-17-16-18-13-8-4-5-9-14(13)21-16/h1-9H,10-11H2,(H,17,18). The van der Waals surface area contributed by atoms with Crippen LogP contribution in [0.25, 0.3) is 10.2 Å². The summed E-state index contributed by atoms with van der Waals surface area (Å²) in [4.78, 5) is 16.1. The van der Waals surface area contributed by atoms with Crippen LogP contribution in [0.5, 0.6) is 0 Å². The highest BCUT2D eigenvalue weighted by Crippen LogP contribution is 2.25. The number of fused-ring (bicyclic) bond motifs is 1. The Morgan fingerprint density at radius 3 is 2.67 bits per heavy atom. The van der Waals surface area contributed by atoms with E-state index in [9.17, 15) is 4.79 Å². The van der Waals surface area contributed by atoms with Crippen LogP contribution in [0.4, 0.5) is 5.13 Å². The fourth-order valence-electron chi connectivity index (χ4n) is 1.88. The van der Waals surface area contributed by atoms with Gasteiger partial charge in [0.05, 0.1) is 10.2 Å². The summed E-state index contributed by atoms with van der Waals surface area (Å²) in [6.07, 6.45) is 0. The number of aromatic nitrogens is 1. The highest BCUT2D eigenvalue weighted by Gasteiger charge is 2.06. The summed E-state index contributed by atoms with van der Waals surface area (Å²) in [5, 5.41) is 3.73. The molecular weight excluding hydrogens is 284 g/mol. The van der Waals surface area contributed by atoms with Crippen molar-refractivity contribution in [1.82, 2.24) is 4.98 Å². The summed E-state index contributed by atoms with van der Waals surface area (Å²) >= 11 is 1.52. The smallest absolute Gasteiger partial charge is 0.325 e. The highest BCUT2D eigenvalue weighted by atomic mass is 32.1. The minimum Gasteiger partial charge on any atom is -0.460 e. The van der Waals surface area contributed by atoms with Crippen LogP contribution in [0.3, 0.4) is 0 Å². The molecule has 0 spiro atoms. The molecule has 0 bridgehead atoms. The predicted octanol–water partition coefficient (Wildman–Crippen LogP) is 3.45. The van der Waals surface area contributed by atoms with E-state index in [0.717, 1.165) is 20.9 Å². The Kier molecular flexibility index (Phi) is 4.12. The van der Waals surface area contributed by atoms with Crippen molar-refractivity contribution in [1.29, 1.82) is 0 Å².